The minimum atomic E-state index is -0.634. The minimum absolute atomic E-state index is 0.000746. The SMILES string of the molecule is COc1cccc(C2C(C(=O)c3sc(C)nc3C)=C(O)C(=O)N2C2CCCCC2)c1. The molecule has 1 aliphatic carbocycles. The molecule has 0 spiro atoms. The maximum absolute atomic E-state index is 13.5. The summed E-state index contributed by atoms with van der Waals surface area (Å²) >= 11 is 1.29. The molecule has 2 heterocycles. The molecule has 2 aromatic rings. The Morgan fingerprint density at radius 3 is 2.60 bits per heavy atom. The number of carbonyl (C=O) groups excluding carboxylic acids is 2. The van der Waals surface area contributed by atoms with Crippen LogP contribution in [0.1, 0.15) is 64.1 Å². The zero-order valence-electron chi connectivity index (χ0n) is 17.5. The molecule has 1 amide bonds. The van der Waals surface area contributed by atoms with Crippen molar-refractivity contribution < 1.29 is 19.4 Å². The van der Waals surface area contributed by atoms with Crippen LogP contribution in [0.2, 0.25) is 0 Å². The van der Waals surface area contributed by atoms with Crippen LogP contribution in [0, 0.1) is 13.8 Å². The van der Waals surface area contributed by atoms with Gasteiger partial charge < -0.3 is 14.7 Å². The van der Waals surface area contributed by atoms with Crippen molar-refractivity contribution in [2.75, 3.05) is 7.11 Å². The molecule has 6 nitrogen and oxygen atoms in total. The van der Waals surface area contributed by atoms with Crippen LogP contribution in [0.4, 0.5) is 0 Å². The summed E-state index contributed by atoms with van der Waals surface area (Å²) in [4.78, 5) is 33.3. The van der Waals surface area contributed by atoms with E-state index in [4.69, 9.17) is 4.74 Å². The summed E-state index contributed by atoms with van der Waals surface area (Å²) < 4.78 is 5.38. The fourth-order valence-electron chi connectivity index (χ4n) is 4.59. The van der Waals surface area contributed by atoms with E-state index >= 15 is 0 Å². The number of aryl methyl sites for hydroxylation is 2. The number of Topliss-reactive ketones (excluding diaryl/α,β-unsaturated/α-hetero) is 1. The van der Waals surface area contributed by atoms with Crippen molar-refractivity contribution >= 4 is 23.0 Å². The lowest BCUT2D eigenvalue weighted by Gasteiger charge is -2.36. The second kappa shape index (κ2) is 8.22. The van der Waals surface area contributed by atoms with Gasteiger partial charge in [0.05, 0.1) is 34.3 Å². The van der Waals surface area contributed by atoms with Crippen LogP contribution in [-0.2, 0) is 4.79 Å². The van der Waals surface area contributed by atoms with Gasteiger partial charge in [0.25, 0.3) is 5.91 Å². The molecule has 7 heteroatoms. The number of rotatable bonds is 5. The van der Waals surface area contributed by atoms with Gasteiger partial charge in [0.1, 0.15) is 5.75 Å². The molecule has 1 saturated carbocycles. The van der Waals surface area contributed by atoms with Gasteiger partial charge in [0, 0.05) is 6.04 Å². The Bertz CT molecular complexity index is 1020. The summed E-state index contributed by atoms with van der Waals surface area (Å²) in [6.07, 6.45) is 4.97. The van der Waals surface area contributed by atoms with Crippen molar-refractivity contribution in [2.45, 2.75) is 58.0 Å². The number of amides is 1. The third kappa shape index (κ3) is 3.51. The van der Waals surface area contributed by atoms with Crippen LogP contribution in [0.3, 0.4) is 0 Å². The molecule has 1 aliphatic heterocycles. The van der Waals surface area contributed by atoms with E-state index in [2.05, 4.69) is 4.98 Å². The van der Waals surface area contributed by atoms with E-state index in [0.717, 1.165) is 42.7 Å². The molecular weight excluding hydrogens is 400 g/mol. The number of methoxy groups -OCH3 is 1. The van der Waals surface area contributed by atoms with Crippen LogP contribution in [-0.4, -0.2) is 39.8 Å². The van der Waals surface area contributed by atoms with E-state index in [0.29, 0.717) is 16.3 Å². The second-order valence-electron chi connectivity index (χ2n) is 7.92. The number of carbonyl (C=O) groups is 2. The van der Waals surface area contributed by atoms with Gasteiger partial charge in [0.2, 0.25) is 5.78 Å². The fraction of sp³-hybridized carbons (Fsp3) is 0.435. The van der Waals surface area contributed by atoms with Gasteiger partial charge in [-0.3, -0.25) is 9.59 Å². The number of benzene rings is 1. The molecule has 1 fully saturated rings. The molecule has 1 aromatic carbocycles. The summed E-state index contributed by atoms with van der Waals surface area (Å²) in [5, 5.41) is 11.6. The Hall–Kier alpha value is -2.67. The van der Waals surface area contributed by atoms with Crippen molar-refractivity contribution in [3.8, 4) is 5.75 Å². The Morgan fingerprint density at radius 2 is 1.97 bits per heavy atom. The average molecular weight is 427 g/mol. The number of nitrogens with zero attached hydrogens (tertiary/aromatic N) is 2. The molecule has 1 unspecified atom stereocenters. The number of aliphatic hydroxyl groups excluding tert-OH is 1. The highest BCUT2D eigenvalue weighted by Crippen LogP contribution is 2.44. The lowest BCUT2D eigenvalue weighted by molar-refractivity contribution is -0.132. The largest absolute Gasteiger partial charge is 0.503 e. The summed E-state index contributed by atoms with van der Waals surface area (Å²) in [7, 11) is 1.58. The van der Waals surface area contributed by atoms with Crippen LogP contribution in [0.15, 0.2) is 35.6 Å². The van der Waals surface area contributed by atoms with Gasteiger partial charge in [-0.05, 0) is 44.4 Å². The molecule has 158 valence electrons. The first-order chi connectivity index (χ1) is 14.4. The zero-order valence-corrected chi connectivity index (χ0v) is 18.3. The van der Waals surface area contributed by atoms with Gasteiger partial charge in [-0.25, -0.2) is 4.98 Å². The molecule has 0 radical (unpaired) electrons. The zero-order chi connectivity index (χ0) is 21.4. The number of thiazole rings is 1. The van der Waals surface area contributed by atoms with Gasteiger partial charge in [-0.2, -0.15) is 0 Å². The Labute approximate surface area is 180 Å². The second-order valence-corrected chi connectivity index (χ2v) is 9.13. The summed E-state index contributed by atoms with van der Waals surface area (Å²) in [6, 6.07) is 6.76. The average Bonchev–Trinajstić information content (AvgIpc) is 3.23. The first-order valence-electron chi connectivity index (χ1n) is 10.3. The first-order valence-corrected chi connectivity index (χ1v) is 11.1. The van der Waals surface area contributed by atoms with Crippen molar-refractivity contribution in [3.05, 3.63) is 56.7 Å². The standard InChI is InChI=1S/C23H26N2O4S/c1-13-22(30-14(2)24-13)20(26)18-19(15-8-7-11-17(12-15)29-3)25(23(28)21(18)27)16-9-5-4-6-10-16/h7-8,11-12,16,19,27H,4-6,9-10H2,1-3H3. The van der Waals surface area contributed by atoms with Gasteiger partial charge in [-0.1, -0.05) is 31.4 Å². The third-order valence-corrected chi connectivity index (χ3v) is 7.05. The van der Waals surface area contributed by atoms with E-state index in [9.17, 15) is 14.7 Å². The molecule has 1 aromatic heterocycles. The minimum Gasteiger partial charge on any atom is -0.503 e. The number of ketones is 1. The number of hydrogen-bond donors (Lipinski definition) is 1. The lowest BCUT2D eigenvalue weighted by atomic mass is 9.90. The van der Waals surface area contributed by atoms with E-state index in [-0.39, 0.29) is 17.4 Å². The molecule has 30 heavy (non-hydrogen) atoms. The van der Waals surface area contributed by atoms with Crippen molar-refractivity contribution in [3.63, 3.8) is 0 Å². The highest BCUT2D eigenvalue weighted by atomic mass is 32.1. The number of ether oxygens (including phenoxy) is 1. The Kier molecular flexibility index (Phi) is 5.64. The topological polar surface area (TPSA) is 79.7 Å². The maximum Gasteiger partial charge on any atom is 0.290 e. The van der Waals surface area contributed by atoms with E-state index in [1.54, 1.807) is 18.9 Å². The molecular formula is C23H26N2O4S. The summed E-state index contributed by atoms with van der Waals surface area (Å²) in [5.41, 5.74) is 1.53. The van der Waals surface area contributed by atoms with E-state index < -0.39 is 17.7 Å². The Balaban J connectivity index is 1.83. The predicted molar refractivity (Wildman–Crippen MR) is 115 cm³/mol. The fourth-order valence-corrected chi connectivity index (χ4v) is 5.47. The van der Waals surface area contributed by atoms with E-state index in [1.807, 2.05) is 31.2 Å². The highest BCUT2D eigenvalue weighted by Gasteiger charge is 2.47. The maximum atomic E-state index is 13.5. The highest BCUT2D eigenvalue weighted by molar-refractivity contribution is 7.14. The van der Waals surface area contributed by atoms with Gasteiger partial charge in [0.15, 0.2) is 5.76 Å². The normalized spacial score (nSPS) is 20.2. The van der Waals surface area contributed by atoms with Crippen molar-refractivity contribution in [2.24, 2.45) is 0 Å². The predicted octanol–water partition coefficient (Wildman–Crippen LogP) is 4.68. The summed E-state index contributed by atoms with van der Waals surface area (Å²) in [6.45, 7) is 3.63. The molecule has 2 aliphatic rings. The summed E-state index contributed by atoms with van der Waals surface area (Å²) in [5.74, 6) is -0.581. The number of aromatic nitrogens is 1. The van der Waals surface area contributed by atoms with Crippen LogP contribution in [0.5, 0.6) is 5.75 Å². The van der Waals surface area contributed by atoms with Crippen molar-refractivity contribution in [1.82, 2.24) is 9.88 Å². The van der Waals surface area contributed by atoms with Gasteiger partial charge in [-0.15, -0.1) is 11.3 Å². The first kappa shape index (κ1) is 20.6. The molecule has 1 N–H and O–H groups in total. The Morgan fingerprint density at radius 1 is 1.23 bits per heavy atom. The van der Waals surface area contributed by atoms with Crippen molar-refractivity contribution in [1.29, 1.82) is 0 Å². The molecule has 4 rings (SSSR count). The van der Waals surface area contributed by atoms with E-state index in [1.165, 1.54) is 11.3 Å². The van der Waals surface area contributed by atoms with Crippen LogP contribution in [0.25, 0.3) is 0 Å². The number of hydrogen-bond acceptors (Lipinski definition) is 6. The number of aliphatic hydroxyl groups is 1. The molecule has 0 saturated heterocycles. The smallest absolute Gasteiger partial charge is 0.290 e. The van der Waals surface area contributed by atoms with Crippen LogP contribution >= 0.6 is 11.3 Å². The monoisotopic (exact) mass is 426 g/mol. The lowest BCUT2D eigenvalue weighted by Crippen LogP contribution is -2.41. The molecule has 1 atom stereocenters. The molecule has 0 bridgehead atoms. The third-order valence-electron chi connectivity index (χ3n) is 5.98. The van der Waals surface area contributed by atoms with Crippen LogP contribution < -0.4 is 4.74 Å². The van der Waals surface area contributed by atoms with Gasteiger partial charge >= 0.3 is 0 Å². The quantitative estimate of drug-likeness (QED) is 0.702.